The van der Waals surface area contributed by atoms with Gasteiger partial charge in [0.1, 0.15) is 5.82 Å². The molecule has 0 radical (unpaired) electrons. The Morgan fingerprint density at radius 2 is 1.96 bits per heavy atom. The van der Waals surface area contributed by atoms with Crippen LogP contribution in [0.2, 0.25) is 0 Å². The monoisotopic (exact) mass is 350 g/mol. The Kier molecular flexibility index (Phi) is 4.45. The molecule has 1 amide bonds. The normalized spacial score (nSPS) is 24.6. The summed E-state index contributed by atoms with van der Waals surface area (Å²) < 4.78 is 26.4. The Hall–Kier alpha value is -1.80. The molecule has 0 saturated carbocycles. The number of nitrogens with one attached hydrogen (secondary N) is 1. The van der Waals surface area contributed by atoms with Gasteiger partial charge < -0.3 is 24.6 Å². The van der Waals surface area contributed by atoms with E-state index in [0.29, 0.717) is 30.7 Å². The van der Waals surface area contributed by atoms with Crippen LogP contribution in [0.3, 0.4) is 0 Å². The topological polar surface area (TPSA) is 71.0 Å². The van der Waals surface area contributed by atoms with Crippen LogP contribution in [-0.2, 0) is 9.31 Å². The molecule has 2 aliphatic heterocycles. The van der Waals surface area contributed by atoms with E-state index in [1.807, 2.05) is 27.7 Å². The van der Waals surface area contributed by atoms with Gasteiger partial charge in [-0.3, -0.25) is 0 Å². The second kappa shape index (κ2) is 6.18. The maximum Gasteiger partial charge on any atom is 0.494 e. The average Bonchev–Trinajstić information content (AvgIpc) is 3.04. The lowest BCUT2D eigenvalue weighted by Crippen LogP contribution is -2.41. The molecule has 1 atom stereocenters. The standard InChI is InChI=1S/C17H24BFN2O4/c1-16(2)17(3,4)25-18(24-16)11-5-6-14(13(19)9-11)20-12-7-8-21(10-12)15(22)23/h5-6,9,12,20H,7-8,10H2,1-4H3,(H,22,23)/t12-/m1/s1. The van der Waals surface area contributed by atoms with Crippen LogP contribution in [0.25, 0.3) is 0 Å². The molecule has 2 fully saturated rings. The molecule has 8 heteroatoms. The molecule has 0 spiro atoms. The van der Waals surface area contributed by atoms with E-state index in [1.165, 1.54) is 11.0 Å². The van der Waals surface area contributed by atoms with Crippen LogP contribution in [-0.4, -0.2) is 53.6 Å². The molecule has 2 aliphatic rings. The van der Waals surface area contributed by atoms with E-state index in [2.05, 4.69) is 5.32 Å². The average molecular weight is 350 g/mol. The number of rotatable bonds is 3. The van der Waals surface area contributed by atoms with Crippen LogP contribution in [0.15, 0.2) is 18.2 Å². The molecule has 136 valence electrons. The fourth-order valence-electron chi connectivity index (χ4n) is 3.05. The van der Waals surface area contributed by atoms with Gasteiger partial charge in [-0.05, 0) is 51.7 Å². The van der Waals surface area contributed by atoms with Crippen molar-refractivity contribution in [3.8, 4) is 0 Å². The second-order valence-corrected chi connectivity index (χ2v) is 7.69. The number of carbonyl (C=O) groups is 1. The van der Waals surface area contributed by atoms with Crippen LogP contribution < -0.4 is 10.8 Å². The van der Waals surface area contributed by atoms with Crippen LogP contribution in [0.4, 0.5) is 14.9 Å². The highest BCUT2D eigenvalue weighted by atomic mass is 19.1. The van der Waals surface area contributed by atoms with Crippen LogP contribution >= 0.6 is 0 Å². The fraction of sp³-hybridized carbons (Fsp3) is 0.588. The number of halogens is 1. The highest BCUT2D eigenvalue weighted by Crippen LogP contribution is 2.36. The summed E-state index contributed by atoms with van der Waals surface area (Å²) in [5, 5.41) is 12.1. The third-order valence-electron chi connectivity index (χ3n) is 5.34. The van der Waals surface area contributed by atoms with Crippen molar-refractivity contribution < 1.29 is 23.6 Å². The van der Waals surface area contributed by atoms with Crippen molar-refractivity contribution in [1.82, 2.24) is 4.90 Å². The van der Waals surface area contributed by atoms with Crippen molar-refractivity contribution in [3.63, 3.8) is 0 Å². The van der Waals surface area contributed by atoms with Gasteiger partial charge in [-0.1, -0.05) is 6.07 Å². The molecule has 2 saturated heterocycles. The first-order chi connectivity index (χ1) is 11.6. The molecule has 0 bridgehead atoms. The summed E-state index contributed by atoms with van der Waals surface area (Å²) in [6.45, 7) is 8.62. The highest BCUT2D eigenvalue weighted by Gasteiger charge is 2.51. The van der Waals surface area contributed by atoms with Crippen molar-refractivity contribution in [2.45, 2.75) is 51.4 Å². The van der Waals surface area contributed by atoms with E-state index in [9.17, 15) is 9.18 Å². The molecule has 0 aliphatic carbocycles. The molecular weight excluding hydrogens is 326 g/mol. The number of hydrogen-bond donors (Lipinski definition) is 2. The van der Waals surface area contributed by atoms with Gasteiger partial charge in [0.05, 0.1) is 16.9 Å². The maximum absolute atomic E-state index is 14.5. The zero-order valence-electron chi connectivity index (χ0n) is 15.0. The first kappa shape index (κ1) is 18.0. The van der Waals surface area contributed by atoms with E-state index >= 15 is 0 Å². The first-order valence-electron chi connectivity index (χ1n) is 8.48. The van der Waals surface area contributed by atoms with Crippen LogP contribution in [0, 0.1) is 5.82 Å². The lowest BCUT2D eigenvalue weighted by molar-refractivity contribution is 0.00578. The summed E-state index contributed by atoms with van der Waals surface area (Å²) in [4.78, 5) is 12.3. The van der Waals surface area contributed by atoms with Crippen molar-refractivity contribution in [1.29, 1.82) is 0 Å². The van der Waals surface area contributed by atoms with Gasteiger partial charge in [-0.2, -0.15) is 0 Å². The van der Waals surface area contributed by atoms with Gasteiger partial charge in [-0.15, -0.1) is 0 Å². The van der Waals surface area contributed by atoms with Gasteiger partial charge >= 0.3 is 13.2 Å². The Morgan fingerprint density at radius 1 is 1.32 bits per heavy atom. The Labute approximate surface area is 147 Å². The van der Waals surface area contributed by atoms with Crippen LogP contribution in [0.5, 0.6) is 0 Å². The number of benzene rings is 1. The minimum absolute atomic E-state index is 0.0895. The number of amides is 1. The number of likely N-dealkylation sites (tertiary alicyclic amines) is 1. The minimum atomic E-state index is -0.944. The first-order valence-corrected chi connectivity index (χ1v) is 8.48. The summed E-state index contributed by atoms with van der Waals surface area (Å²) >= 11 is 0. The summed E-state index contributed by atoms with van der Waals surface area (Å²) in [7, 11) is -0.609. The number of hydrogen-bond acceptors (Lipinski definition) is 4. The predicted molar refractivity (Wildman–Crippen MR) is 93.7 cm³/mol. The lowest BCUT2D eigenvalue weighted by atomic mass is 9.79. The smallest absolute Gasteiger partial charge is 0.465 e. The number of nitrogens with zero attached hydrogens (tertiary/aromatic N) is 1. The lowest BCUT2D eigenvalue weighted by Gasteiger charge is -2.32. The molecule has 25 heavy (non-hydrogen) atoms. The zero-order valence-corrected chi connectivity index (χ0v) is 15.0. The Bertz CT molecular complexity index is 667. The molecule has 2 N–H and O–H groups in total. The van der Waals surface area contributed by atoms with E-state index in [4.69, 9.17) is 14.4 Å². The SMILES string of the molecule is CC1(C)OB(c2ccc(N[C@@H]3CCN(C(=O)O)C3)c(F)c2)OC1(C)C. The summed E-state index contributed by atoms with van der Waals surface area (Å²) in [5.74, 6) is -0.402. The quantitative estimate of drug-likeness (QED) is 0.819. The highest BCUT2D eigenvalue weighted by molar-refractivity contribution is 6.62. The van der Waals surface area contributed by atoms with Crippen molar-refractivity contribution in [3.05, 3.63) is 24.0 Å². The van der Waals surface area contributed by atoms with E-state index in [0.717, 1.165) is 0 Å². The Balaban J connectivity index is 1.69. The maximum atomic E-state index is 14.5. The molecule has 2 heterocycles. The predicted octanol–water partition coefficient (Wildman–Crippen LogP) is 2.29. The number of anilines is 1. The largest absolute Gasteiger partial charge is 0.494 e. The van der Waals surface area contributed by atoms with Crippen molar-refractivity contribution >= 4 is 24.4 Å². The summed E-state index contributed by atoms with van der Waals surface area (Å²) in [5.41, 5.74) is 0.0301. The van der Waals surface area contributed by atoms with Gasteiger partial charge in [-0.25, -0.2) is 9.18 Å². The van der Waals surface area contributed by atoms with Crippen molar-refractivity contribution in [2.24, 2.45) is 0 Å². The van der Waals surface area contributed by atoms with E-state index in [1.54, 1.807) is 12.1 Å². The van der Waals surface area contributed by atoms with Gasteiger partial charge in [0.25, 0.3) is 0 Å². The molecule has 1 aromatic carbocycles. The third-order valence-corrected chi connectivity index (χ3v) is 5.34. The second-order valence-electron chi connectivity index (χ2n) is 7.69. The summed E-state index contributed by atoms with van der Waals surface area (Å²) in [6, 6.07) is 4.75. The van der Waals surface area contributed by atoms with Gasteiger partial charge in [0.15, 0.2) is 0 Å². The molecule has 0 unspecified atom stereocenters. The third kappa shape index (κ3) is 3.46. The van der Waals surface area contributed by atoms with Gasteiger partial charge in [0, 0.05) is 19.1 Å². The van der Waals surface area contributed by atoms with E-state index in [-0.39, 0.29) is 6.04 Å². The molecule has 6 nitrogen and oxygen atoms in total. The van der Waals surface area contributed by atoms with Gasteiger partial charge in [0.2, 0.25) is 0 Å². The molecule has 0 aromatic heterocycles. The van der Waals surface area contributed by atoms with Crippen molar-refractivity contribution in [2.75, 3.05) is 18.4 Å². The summed E-state index contributed by atoms with van der Waals surface area (Å²) in [6.07, 6.45) is -0.286. The number of carboxylic acid groups (broad SMARTS) is 1. The van der Waals surface area contributed by atoms with Crippen LogP contribution in [0.1, 0.15) is 34.1 Å². The minimum Gasteiger partial charge on any atom is -0.465 e. The van der Waals surface area contributed by atoms with E-state index < -0.39 is 30.2 Å². The molecule has 1 aromatic rings. The molecule has 3 rings (SSSR count). The zero-order chi connectivity index (χ0) is 18.4. The fourth-order valence-corrected chi connectivity index (χ4v) is 3.05. The Morgan fingerprint density at radius 3 is 2.48 bits per heavy atom. The molecular formula is C17H24BFN2O4.